The zero-order valence-electron chi connectivity index (χ0n) is 20.6. The second-order valence-corrected chi connectivity index (χ2v) is 11.3. The minimum absolute atomic E-state index is 0.0338. The zero-order valence-corrected chi connectivity index (χ0v) is 21.4. The Morgan fingerprint density at radius 1 is 1.05 bits per heavy atom. The number of carboxylic acid groups (broad SMARTS) is 1. The van der Waals surface area contributed by atoms with Crippen molar-refractivity contribution in [3.8, 4) is 16.9 Å². The average molecular weight is 547 g/mol. The summed E-state index contributed by atoms with van der Waals surface area (Å²) in [5, 5.41) is 9.47. The standard InChI is InChI=1S/C27H25F3N2O5S/c1-3-4-10-24-31(2)38(35,36)23-14-20-19-13-16(26(33)34)11-12-18(19)25(27(28,29)30)37-22(20)15-21(23)32(24)17-8-6-5-7-9-17/h5-9,11-15,24-25H,3-4,10H2,1-2H3,(H,33,34)/t24-,25-/m0/s1. The molecule has 0 amide bonds. The first kappa shape index (κ1) is 26.1. The fourth-order valence-electron chi connectivity index (χ4n) is 5.07. The fourth-order valence-corrected chi connectivity index (χ4v) is 6.59. The molecule has 0 bridgehead atoms. The van der Waals surface area contributed by atoms with Crippen molar-refractivity contribution in [3.63, 3.8) is 0 Å². The molecule has 0 saturated heterocycles. The Balaban J connectivity index is 1.79. The van der Waals surface area contributed by atoms with E-state index < -0.39 is 34.4 Å². The van der Waals surface area contributed by atoms with E-state index in [-0.39, 0.29) is 38.6 Å². The molecule has 11 heteroatoms. The monoisotopic (exact) mass is 546 g/mol. The van der Waals surface area contributed by atoms with E-state index in [9.17, 15) is 31.5 Å². The Hall–Kier alpha value is -3.57. The number of para-hydroxylation sites is 1. The van der Waals surface area contributed by atoms with Gasteiger partial charge in [-0.25, -0.2) is 13.2 Å². The van der Waals surface area contributed by atoms with Gasteiger partial charge in [-0.3, -0.25) is 0 Å². The van der Waals surface area contributed by atoms with Gasteiger partial charge in [-0.2, -0.15) is 17.5 Å². The van der Waals surface area contributed by atoms with Gasteiger partial charge >= 0.3 is 12.1 Å². The maximum absolute atomic E-state index is 14.1. The number of hydrogen-bond donors (Lipinski definition) is 1. The summed E-state index contributed by atoms with van der Waals surface area (Å²) < 4.78 is 76.5. The molecule has 0 aromatic heterocycles. The van der Waals surface area contributed by atoms with Crippen molar-refractivity contribution in [3.05, 3.63) is 71.8 Å². The van der Waals surface area contributed by atoms with Crippen LogP contribution in [-0.4, -0.2) is 43.2 Å². The number of unbranched alkanes of at least 4 members (excludes halogenated alkanes) is 1. The highest BCUT2D eigenvalue weighted by Crippen LogP contribution is 2.53. The molecule has 5 rings (SSSR count). The number of carboxylic acids is 1. The topological polar surface area (TPSA) is 87.2 Å². The predicted molar refractivity (Wildman–Crippen MR) is 135 cm³/mol. The lowest BCUT2D eigenvalue weighted by atomic mass is 9.90. The molecular weight excluding hydrogens is 521 g/mol. The van der Waals surface area contributed by atoms with Crippen LogP contribution in [0.5, 0.6) is 5.75 Å². The highest BCUT2D eigenvalue weighted by atomic mass is 32.2. The molecule has 2 aliphatic heterocycles. The third-order valence-electron chi connectivity index (χ3n) is 6.96. The molecular formula is C27H25F3N2O5S. The maximum atomic E-state index is 14.1. The van der Waals surface area contributed by atoms with Crippen molar-refractivity contribution in [2.45, 2.75) is 49.5 Å². The van der Waals surface area contributed by atoms with Crippen LogP contribution >= 0.6 is 0 Å². The number of halogens is 3. The normalized spacial score (nSPS) is 20.2. The van der Waals surface area contributed by atoms with E-state index in [0.717, 1.165) is 31.0 Å². The van der Waals surface area contributed by atoms with Gasteiger partial charge in [0.2, 0.25) is 16.1 Å². The van der Waals surface area contributed by atoms with E-state index in [2.05, 4.69) is 0 Å². The number of carbonyl (C=O) groups is 1. The Bertz CT molecular complexity index is 1510. The Morgan fingerprint density at radius 3 is 2.39 bits per heavy atom. The smallest absolute Gasteiger partial charge is 0.429 e. The van der Waals surface area contributed by atoms with E-state index in [0.29, 0.717) is 12.1 Å². The van der Waals surface area contributed by atoms with Crippen LogP contribution in [0.4, 0.5) is 24.5 Å². The summed E-state index contributed by atoms with van der Waals surface area (Å²) in [5.41, 5.74) is 0.423. The zero-order chi connectivity index (χ0) is 27.4. The van der Waals surface area contributed by atoms with Gasteiger partial charge in [0.25, 0.3) is 0 Å². The van der Waals surface area contributed by atoms with Gasteiger partial charge < -0.3 is 14.7 Å². The summed E-state index contributed by atoms with van der Waals surface area (Å²) in [6, 6.07) is 14.9. The summed E-state index contributed by atoms with van der Waals surface area (Å²) >= 11 is 0. The third-order valence-corrected chi connectivity index (χ3v) is 8.85. The molecule has 0 radical (unpaired) electrons. The van der Waals surface area contributed by atoms with Gasteiger partial charge in [0.1, 0.15) is 16.8 Å². The number of nitrogens with zero attached hydrogens (tertiary/aromatic N) is 2. The van der Waals surface area contributed by atoms with Crippen LogP contribution in [0.15, 0.2) is 65.6 Å². The van der Waals surface area contributed by atoms with E-state index >= 15 is 0 Å². The molecule has 0 aliphatic carbocycles. The van der Waals surface area contributed by atoms with Crippen LogP contribution in [0.25, 0.3) is 11.1 Å². The van der Waals surface area contributed by atoms with E-state index in [1.807, 2.05) is 30.0 Å². The molecule has 0 fully saturated rings. The van der Waals surface area contributed by atoms with Gasteiger partial charge in [-0.05, 0) is 42.3 Å². The van der Waals surface area contributed by atoms with Gasteiger partial charge in [0, 0.05) is 29.9 Å². The Kier molecular flexibility index (Phi) is 6.39. The van der Waals surface area contributed by atoms with Crippen LogP contribution < -0.4 is 9.64 Å². The SMILES string of the molecule is CCCC[C@@H]1N(c2ccccc2)c2cc3c(cc2S(=O)(=O)N1C)-c1cc(C(=O)O)ccc1[C@@H](C(F)(F)F)O3. The molecule has 0 spiro atoms. The van der Waals surface area contributed by atoms with Crippen LogP contribution in [0.1, 0.15) is 48.2 Å². The second kappa shape index (κ2) is 9.32. The number of ether oxygens (including phenoxy) is 1. The van der Waals surface area contributed by atoms with E-state index in [1.165, 1.54) is 23.5 Å². The lowest BCUT2D eigenvalue weighted by Gasteiger charge is -2.44. The summed E-state index contributed by atoms with van der Waals surface area (Å²) in [6.45, 7) is 1.99. The third kappa shape index (κ3) is 4.19. The van der Waals surface area contributed by atoms with Crippen LogP contribution in [0.3, 0.4) is 0 Å². The number of hydrogen-bond acceptors (Lipinski definition) is 5. The average Bonchev–Trinajstić information content (AvgIpc) is 2.88. The van der Waals surface area contributed by atoms with Crippen molar-refractivity contribution in [1.82, 2.24) is 4.31 Å². The van der Waals surface area contributed by atoms with Crippen molar-refractivity contribution in [1.29, 1.82) is 0 Å². The molecule has 2 aliphatic rings. The molecule has 0 unspecified atom stereocenters. The van der Waals surface area contributed by atoms with Crippen molar-refractivity contribution < 1.29 is 36.2 Å². The molecule has 38 heavy (non-hydrogen) atoms. The number of aromatic carboxylic acids is 1. The van der Waals surface area contributed by atoms with Crippen LogP contribution in [0.2, 0.25) is 0 Å². The number of sulfonamides is 1. The molecule has 0 saturated carbocycles. The molecule has 3 aromatic rings. The molecule has 1 N–H and O–H groups in total. The van der Waals surface area contributed by atoms with Crippen molar-refractivity contribution >= 4 is 27.4 Å². The lowest BCUT2D eigenvalue weighted by Crippen LogP contribution is -2.51. The minimum atomic E-state index is -4.79. The predicted octanol–water partition coefficient (Wildman–Crippen LogP) is 6.34. The largest absolute Gasteiger partial charge is 0.478 e. The Morgan fingerprint density at radius 2 is 1.76 bits per heavy atom. The van der Waals surface area contributed by atoms with Crippen LogP contribution in [0, 0.1) is 0 Å². The van der Waals surface area contributed by atoms with E-state index in [1.54, 1.807) is 12.1 Å². The summed E-state index contributed by atoms with van der Waals surface area (Å²) in [7, 11) is -2.56. The first-order valence-corrected chi connectivity index (χ1v) is 13.5. The van der Waals surface area contributed by atoms with Gasteiger partial charge in [0.15, 0.2) is 0 Å². The molecule has 2 heterocycles. The quantitative estimate of drug-likeness (QED) is 0.402. The van der Waals surface area contributed by atoms with E-state index in [4.69, 9.17) is 4.74 Å². The molecule has 7 nitrogen and oxygen atoms in total. The summed E-state index contributed by atoms with van der Waals surface area (Å²) in [5.74, 6) is -1.49. The van der Waals surface area contributed by atoms with Gasteiger partial charge in [-0.15, -0.1) is 0 Å². The maximum Gasteiger partial charge on any atom is 0.429 e. The highest BCUT2D eigenvalue weighted by molar-refractivity contribution is 7.89. The summed E-state index contributed by atoms with van der Waals surface area (Å²) in [4.78, 5) is 13.3. The van der Waals surface area contributed by atoms with Crippen molar-refractivity contribution in [2.75, 3.05) is 11.9 Å². The Labute approximate surface area is 218 Å². The first-order chi connectivity index (χ1) is 17.9. The second-order valence-electron chi connectivity index (χ2n) is 9.31. The number of benzene rings is 3. The first-order valence-electron chi connectivity index (χ1n) is 12.1. The van der Waals surface area contributed by atoms with Gasteiger partial charge in [-0.1, -0.05) is 44.0 Å². The van der Waals surface area contributed by atoms with Crippen LogP contribution in [-0.2, 0) is 10.0 Å². The minimum Gasteiger partial charge on any atom is -0.478 e. The van der Waals surface area contributed by atoms with Gasteiger partial charge in [0.05, 0.1) is 11.3 Å². The lowest BCUT2D eigenvalue weighted by molar-refractivity contribution is -0.198. The highest BCUT2D eigenvalue weighted by Gasteiger charge is 2.48. The number of alkyl halides is 3. The molecule has 200 valence electrons. The fraction of sp³-hybridized carbons (Fsp3) is 0.296. The number of rotatable bonds is 5. The number of anilines is 2. The number of fused-ring (bicyclic) bond motifs is 4. The summed E-state index contributed by atoms with van der Waals surface area (Å²) in [6.07, 6.45) is -5.69. The van der Waals surface area contributed by atoms with Crippen molar-refractivity contribution in [2.24, 2.45) is 0 Å². The molecule has 2 atom stereocenters. The molecule has 3 aromatic carbocycles.